The normalized spacial score (nSPS) is 11.7. The molecule has 4 heteroatoms. The van der Waals surface area contributed by atoms with Crippen LogP contribution in [-0.4, -0.2) is 16.2 Å². The van der Waals surface area contributed by atoms with Crippen molar-refractivity contribution in [2.45, 2.75) is 65.9 Å². The maximum Gasteiger partial charge on any atom is 0.306 e. The van der Waals surface area contributed by atoms with E-state index in [-0.39, 0.29) is 29.5 Å². The summed E-state index contributed by atoms with van der Waals surface area (Å²) in [4.78, 5) is 11.7. The Labute approximate surface area is 133 Å². The third-order valence-electron chi connectivity index (χ3n) is 3.56. The van der Waals surface area contributed by atoms with Crippen LogP contribution in [0.4, 0.5) is 0 Å². The van der Waals surface area contributed by atoms with Gasteiger partial charge in [-0.25, -0.2) is 0 Å². The second-order valence-electron chi connectivity index (χ2n) is 7.19. The van der Waals surface area contributed by atoms with Gasteiger partial charge in [0.1, 0.15) is 18.1 Å². The fourth-order valence-electron chi connectivity index (χ4n) is 2.22. The number of rotatable bonds is 6. The third-order valence-corrected chi connectivity index (χ3v) is 3.56. The summed E-state index contributed by atoms with van der Waals surface area (Å²) < 4.78 is 5.16. The van der Waals surface area contributed by atoms with Gasteiger partial charge in [-0.2, -0.15) is 0 Å². The van der Waals surface area contributed by atoms with E-state index >= 15 is 0 Å². The number of esters is 1. The van der Waals surface area contributed by atoms with E-state index in [0.29, 0.717) is 23.5 Å². The molecule has 124 valence electrons. The molecule has 0 bridgehead atoms. The van der Waals surface area contributed by atoms with E-state index in [9.17, 15) is 15.0 Å². The number of hydrogen-bond acceptors (Lipinski definition) is 4. The summed E-state index contributed by atoms with van der Waals surface area (Å²) in [5.74, 6) is 0.437. The van der Waals surface area contributed by atoms with Crippen LogP contribution in [0.5, 0.6) is 11.5 Å². The lowest BCUT2D eigenvalue weighted by Gasteiger charge is -2.21. The summed E-state index contributed by atoms with van der Waals surface area (Å²) >= 11 is 0. The quantitative estimate of drug-likeness (QED) is 0.608. The maximum absolute atomic E-state index is 11.7. The molecule has 0 saturated heterocycles. The topological polar surface area (TPSA) is 66.8 Å². The average Bonchev–Trinajstić information content (AvgIpc) is 2.37. The van der Waals surface area contributed by atoms with E-state index in [1.807, 2.05) is 20.8 Å². The first-order chi connectivity index (χ1) is 10.1. The van der Waals surface area contributed by atoms with Crippen LogP contribution in [0.3, 0.4) is 0 Å². The van der Waals surface area contributed by atoms with Crippen molar-refractivity contribution in [3.05, 3.63) is 23.3 Å². The fourth-order valence-corrected chi connectivity index (χ4v) is 2.22. The van der Waals surface area contributed by atoms with Gasteiger partial charge in [-0.15, -0.1) is 0 Å². The van der Waals surface area contributed by atoms with Crippen LogP contribution in [0.25, 0.3) is 0 Å². The Morgan fingerprint density at radius 3 is 2.36 bits per heavy atom. The minimum atomic E-state index is -0.278. The Hall–Kier alpha value is -1.71. The van der Waals surface area contributed by atoms with Crippen LogP contribution in [0.1, 0.15) is 65.0 Å². The smallest absolute Gasteiger partial charge is 0.306 e. The van der Waals surface area contributed by atoms with Gasteiger partial charge in [-0.1, -0.05) is 41.0 Å². The number of benzene rings is 1. The van der Waals surface area contributed by atoms with E-state index in [2.05, 4.69) is 13.8 Å². The first-order valence-corrected chi connectivity index (χ1v) is 7.82. The summed E-state index contributed by atoms with van der Waals surface area (Å²) in [6.07, 6.45) is 2.17. The summed E-state index contributed by atoms with van der Waals surface area (Å²) in [7, 11) is 0. The van der Waals surface area contributed by atoms with E-state index in [4.69, 9.17) is 4.74 Å². The second-order valence-corrected chi connectivity index (χ2v) is 7.19. The van der Waals surface area contributed by atoms with Gasteiger partial charge in [0, 0.05) is 17.5 Å². The minimum Gasteiger partial charge on any atom is -0.508 e. The Morgan fingerprint density at radius 1 is 1.18 bits per heavy atom. The lowest BCUT2D eigenvalue weighted by atomic mass is 9.85. The molecular formula is C18H28O4. The highest BCUT2D eigenvalue weighted by Gasteiger charge is 2.20. The molecule has 22 heavy (non-hydrogen) atoms. The van der Waals surface area contributed by atoms with Crippen LogP contribution < -0.4 is 0 Å². The van der Waals surface area contributed by atoms with Crippen LogP contribution in [0.2, 0.25) is 0 Å². The first-order valence-electron chi connectivity index (χ1n) is 7.82. The van der Waals surface area contributed by atoms with Gasteiger partial charge in [0.05, 0.1) is 0 Å². The molecule has 0 unspecified atom stereocenters. The fraction of sp³-hybridized carbons (Fsp3) is 0.611. The lowest BCUT2D eigenvalue weighted by Crippen LogP contribution is -2.12. The molecule has 0 aromatic heterocycles. The Bertz CT molecular complexity index is 513. The Balaban J connectivity index is 2.64. The highest BCUT2D eigenvalue weighted by Crippen LogP contribution is 2.35. The number of phenolic OH excluding ortho intramolecular Hbond substituents is 2. The molecule has 1 aromatic carbocycles. The predicted molar refractivity (Wildman–Crippen MR) is 87.0 cm³/mol. The van der Waals surface area contributed by atoms with Crippen molar-refractivity contribution < 1.29 is 19.7 Å². The highest BCUT2D eigenvalue weighted by molar-refractivity contribution is 5.69. The molecule has 4 nitrogen and oxygen atoms in total. The summed E-state index contributed by atoms with van der Waals surface area (Å²) in [6.45, 7) is 10.1. The third kappa shape index (κ3) is 5.58. The van der Waals surface area contributed by atoms with Crippen molar-refractivity contribution in [3.8, 4) is 11.5 Å². The number of ether oxygens (including phenoxy) is 1. The number of carbonyl (C=O) groups excluding carboxylic acids is 1. The van der Waals surface area contributed by atoms with E-state index in [1.54, 1.807) is 0 Å². The highest BCUT2D eigenvalue weighted by atomic mass is 16.5. The number of hydrogen-bond donors (Lipinski definition) is 2. The largest absolute Gasteiger partial charge is 0.508 e. The van der Waals surface area contributed by atoms with Crippen molar-refractivity contribution in [3.63, 3.8) is 0 Å². The van der Waals surface area contributed by atoms with Gasteiger partial charge in [0.15, 0.2) is 0 Å². The minimum absolute atomic E-state index is 0.0235. The summed E-state index contributed by atoms with van der Waals surface area (Å²) in [6, 6.07) is 3.01. The second kappa shape index (κ2) is 7.52. The maximum atomic E-state index is 11.7. The van der Waals surface area contributed by atoms with Crippen LogP contribution in [0, 0.1) is 5.92 Å². The Morgan fingerprint density at radius 2 is 1.82 bits per heavy atom. The zero-order valence-electron chi connectivity index (χ0n) is 14.3. The average molecular weight is 308 g/mol. The van der Waals surface area contributed by atoms with Gasteiger partial charge in [0.25, 0.3) is 0 Å². The molecule has 0 radical (unpaired) electrons. The lowest BCUT2D eigenvalue weighted by molar-refractivity contribution is -0.145. The Kier molecular flexibility index (Phi) is 6.27. The van der Waals surface area contributed by atoms with Crippen molar-refractivity contribution in [2.75, 3.05) is 0 Å². The van der Waals surface area contributed by atoms with Crippen LogP contribution in [-0.2, 0) is 21.6 Å². The molecule has 0 aliphatic heterocycles. The molecule has 0 atom stereocenters. The molecule has 0 spiro atoms. The van der Waals surface area contributed by atoms with Gasteiger partial charge in [-0.3, -0.25) is 4.79 Å². The molecule has 0 amide bonds. The first kappa shape index (κ1) is 18.3. The zero-order chi connectivity index (χ0) is 16.9. The molecule has 0 heterocycles. The molecule has 1 rings (SSSR count). The molecule has 1 aromatic rings. The van der Waals surface area contributed by atoms with E-state index in [1.165, 1.54) is 12.1 Å². The van der Waals surface area contributed by atoms with Crippen molar-refractivity contribution in [1.82, 2.24) is 0 Å². The predicted octanol–water partition coefficient (Wildman–Crippen LogP) is 4.26. The zero-order valence-corrected chi connectivity index (χ0v) is 14.3. The summed E-state index contributed by atoms with van der Waals surface area (Å²) in [5, 5.41) is 20.1. The molecule has 0 aliphatic carbocycles. The van der Waals surface area contributed by atoms with Gasteiger partial charge >= 0.3 is 5.97 Å². The van der Waals surface area contributed by atoms with Crippen molar-refractivity contribution in [2.24, 2.45) is 5.92 Å². The van der Waals surface area contributed by atoms with Gasteiger partial charge < -0.3 is 14.9 Å². The van der Waals surface area contributed by atoms with Crippen molar-refractivity contribution >= 4 is 5.97 Å². The number of phenols is 2. The van der Waals surface area contributed by atoms with Gasteiger partial charge in [-0.05, 0) is 29.9 Å². The molecular weight excluding hydrogens is 280 g/mol. The number of aromatic hydroxyl groups is 2. The van der Waals surface area contributed by atoms with E-state index < -0.39 is 0 Å². The standard InChI is InChI=1S/C18H28O4/c1-12(2)7-6-8-17(21)22-11-13-9-16(20)14(10-15(13)19)18(3,4)5/h9-10,12,19-20H,6-8,11H2,1-5H3. The van der Waals surface area contributed by atoms with Crippen LogP contribution >= 0.6 is 0 Å². The van der Waals surface area contributed by atoms with Crippen LogP contribution in [0.15, 0.2) is 12.1 Å². The molecule has 2 N–H and O–H groups in total. The van der Waals surface area contributed by atoms with Crippen molar-refractivity contribution in [1.29, 1.82) is 0 Å². The summed E-state index contributed by atoms with van der Waals surface area (Å²) in [5.41, 5.74) is 0.813. The van der Waals surface area contributed by atoms with Gasteiger partial charge in [0.2, 0.25) is 0 Å². The number of carbonyl (C=O) groups is 1. The molecule has 0 aliphatic rings. The van der Waals surface area contributed by atoms with E-state index in [0.717, 1.165) is 12.8 Å². The molecule has 0 fully saturated rings. The SMILES string of the molecule is CC(C)CCCC(=O)OCc1cc(O)c(C(C)(C)C)cc1O. The molecule has 0 saturated carbocycles. The monoisotopic (exact) mass is 308 g/mol.